The van der Waals surface area contributed by atoms with Gasteiger partial charge in [-0.15, -0.1) is 0 Å². The van der Waals surface area contributed by atoms with E-state index < -0.39 is 0 Å². The van der Waals surface area contributed by atoms with Gasteiger partial charge in [-0.05, 0) is 49.9 Å². The molecule has 3 nitrogen and oxygen atoms in total. The minimum absolute atomic E-state index is 0.125. The molecule has 1 fully saturated rings. The zero-order valence-corrected chi connectivity index (χ0v) is 12.0. The number of anilines is 1. The fourth-order valence-corrected chi connectivity index (χ4v) is 2.87. The number of hydrogen-bond acceptors (Lipinski definition) is 2. The second kappa shape index (κ2) is 6.20. The lowest BCUT2D eigenvalue weighted by Gasteiger charge is -2.28. The van der Waals surface area contributed by atoms with Gasteiger partial charge in [-0.3, -0.25) is 4.79 Å². The van der Waals surface area contributed by atoms with Crippen molar-refractivity contribution in [3.8, 4) is 0 Å². The average Bonchev–Trinajstić information content (AvgIpc) is 2.89. The van der Waals surface area contributed by atoms with E-state index in [4.69, 9.17) is 0 Å². The number of carbonyl (C=O) groups is 1. The largest absolute Gasteiger partial charge is 0.324 e. The summed E-state index contributed by atoms with van der Waals surface area (Å²) in [4.78, 5) is 12.6. The van der Waals surface area contributed by atoms with Crippen LogP contribution in [0.2, 0.25) is 0 Å². The summed E-state index contributed by atoms with van der Waals surface area (Å²) in [7, 11) is 0. The first-order chi connectivity index (χ1) is 9.20. The molecular formula is C16H24N2O. The Labute approximate surface area is 115 Å². The molecule has 1 aromatic carbocycles. The molecule has 0 saturated carbocycles. The van der Waals surface area contributed by atoms with Crippen LogP contribution < -0.4 is 10.6 Å². The minimum atomic E-state index is -0.350. The van der Waals surface area contributed by atoms with Crippen molar-refractivity contribution in [1.29, 1.82) is 0 Å². The third-order valence-electron chi connectivity index (χ3n) is 3.95. The maximum atomic E-state index is 12.6. The van der Waals surface area contributed by atoms with Crippen LogP contribution in [-0.4, -0.2) is 18.0 Å². The number of hydrogen-bond donors (Lipinski definition) is 2. The Bertz CT molecular complexity index is 436. The van der Waals surface area contributed by atoms with Crippen LogP contribution in [0, 0.1) is 0 Å². The van der Waals surface area contributed by atoms with Crippen LogP contribution in [-0.2, 0) is 11.2 Å². The van der Waals surface area contributed by atoms with E-state index in [-0.39, 0.29) is 11.4 Å². The zero-order valence-electron chi connectivity index (χ0n) is 12.0. The first kappa shape index (κ1) is 14.1. The minimum Gasteiger partial charge on any atom is -0.324 e. The van der Waals surface area contributed by atoms with E-state index in [1.807, 2.05) is 12.1 Å². The van der Waals surface area contributed by atoms with Crippen LogP contribution in [0.1, 0.15) is 45.1 Å². The third-order valence-corrected chi connectivity index (χ3v) is 3.95. The van der Waals surface area contributed by atoms with Crippen LogP contribution in [0.3, 0.4) is 0 Å². The number of carbonyl (C=O) groups excluding carboxylic acids is 1. The van der Waals surface area contributed by atoms with Crippen molar-refractivity contribution < 1.29 is 4.79 Å². The van der Waals surface area contributed by atoms with Crippen molar-refractivity contribution in [2.24, 2.45) is 0 Å². The standard InChI is InChI=1S/C16H24N2O/c1-3-9-16(10-6-11-17-16)15(19)18-14-8-5-7-13(4-2)12-14/h5,7-8,12,17H,3-4,6,9-11H2,1-2H3,(H,18,19). The molecule has 1 heterocycles. The summed E-state index contributed by atoms with van der Waals surface area (Å²) in [6.45, 7) is 5.20. The van der Waals surface area contributed by atoms with Gasteiger partial charge >= 0.3 is 0 Å². The highest BCUT2D eigenvalue weighted by Gasteiger charge is 2.39. The van der Waals surface area contributed by atoms with Crippen LogP contribution >= 0.6 is 0 Å². The molecule has 1 saturated heterocycles. The van der Waals surface area contributed by atoms with E-state index in [1.165, 1.54) is 5.56 Å². The predicted octanol–water partition coefficient (Wildman–Crippen LogP) is 3.11. The van der Waals surface area contributed by atoms with E-state index in [0.29, 0.717) is 0 Å². The zero-order chi connectivity index (χ0) is 13.7. The number of amides is 1. The van der Waals surface area contributed by atoms with E-state index in [0.717, 1.165) is 44.3 Å². The van der Waals surface area contributed by atoms with E-state index in [1.54, 1.807) is 0 Å². The highest BCUT2D eigenvalue weighted by atomic mass is 16.2. The number of rotatable bonds is 5. The van der Waals surface area contributed by atoms with Gasteiger partial charge in [0.15, 0.2) is 0 Å². The smallest absolute Gasteiger partial charge is 0.244 e. The summed E-state index contributed by atoms with van der Waals surface area (Å²) in [6, 6.07) is 8.12. The Morgan fingerprint density at radius 1 is 1.42 bits per heavy atom. The van der Waals surface area contributed by atoms with E-state index in [9.17, 15) is 4.79 Å². The molecule has 1 unspecified atom stereocenters. The molecule has 0 spiro atoms. The molecule has 0 bridgehead atoms. The molecule has 1 aliphatic rings. The predicted molar refractivity (Wildman–Crippen MR) is 79.3 cm³/mol. The molecule has 0 aliphatic carbocycles. The topological polar surface area (TPSA) is 41.1 Å². The number of nitrogens with one attached hydrogen (secondary N) is 2. The van der Waals surface area contributed by atoms with E-state index >= 15 is 0 Å². The second-order valence-corrected chi connectivity index (χ2v) is 5.37. The molecule has 3 heteroatoms. The molecule has 1 atom stereocenters. The van der Waals surface area contributed by atoms with Gasteiger partial charge in [0.25, 0.3) is 0 Å². The summed E-state index contributed by atoms with van der Waals surface area (Å²) in [5.41, 5.74) is 1.81. The van der Waals surface area contributed by atoms with Gasteiger partial charge in [-0.2, -0.15) is 0 Å². The molecule has 0 radical (unpaired) electrons. The first-order valence-corrected chi connectivity index (χ1v) is 7.35. The van der Waals surface area contributed by atoms with Crippen molar-refractivity contribution in [3.05, 3.63) is 29.8 Å². The Morgan fingerprint density at radius 3 is 2.89 bits per heavy atom. The molecule has 2 rings (SSSR count). The lowest BCUT2D eigenvalue weighted by atomic mass is 9.90. The summed E-state index contributed by atoms with van der Waals surface area (Å²) in [5.74, 6) is 0.125. The molecule has 0 aromatic heterocycles. The van der Waals surface area contributed by atoms with Crippen LogP contribution in [0.5, 0.6) is 0 Å². The summed E-state index contributed by atoms with van der Waals surface area (Å²) < 4.78 is 0. The highest BCUT2D eigenvalue weighted by Crippen LogP contribution is 2.26. The van der Waals surface area contributed by atoms with Crippen molar-refractivity contribution in [2.75, 3.05) is 11.9 Å². The highest BCUT2D eigenvalue weighted by molar-refractivity contribution is 5.98. The monoisotopic (exact) mass is 260 g/mol. The van der Waals surface area contributed by atoms with Crippen molar-refractivity contribution in [3.63, 3.8) is 0 Å². The molecule has 2 N–H and O–H groups in total. The molecular weight excluding hydrogens is 236 g/mol. The SMILES string of the molecule is CCCC1(C(=O)Nc2cccc(CC)c2)CCCN1. The van der Waals surface area contributed by atoms with Crippen LogP contribution in [0.25, 0.3) is 0 Å². The maximum Gasteiger partial charge on any atom is 0.244 e. The van der Waals surface area contributed by atoms with Gasteiger partial charge in [0.2, 0.25) is 5.91 Å². The first-order valence-electron chi connectivity index (χ1n) is 7.35. The second-order valence-electron chi connectivity index (χ2n) is 5.37. The normalized spacial score (nSPS) is 22.4. The fourth-order valence-electron chi connectivity index (χ4n) is 2.87. The molecule has 1 amide bonds. The van der Waals surface area contributed by atoms with Gasteiger partial charge in [0, 0.05) is 5.69 Å². The van der Waals surface area contributed by atoms with Gasteiger partial charge in [0.05, 0.1) is 5.54 Å². The maximum absolute atomic E-state index is 12.6. The van der Waals surface area contributed by atoms with Crippen molar-refractivity contribution in [2.45, 2.75) is 51.5 Å². The fraction of sp³-hybridized carbons (Fsp3) is 0.562. The van der Waals surface area contributed by atoms with Gasteiger partial charge < -0.3 is 10.6 Å². The molecule has 1 aliphatic heterocycles. The Hall–Kier alpha value is -1.35. The lowest BCUT2D eigenvalue weighted by Crippen LogP contribution is -2.50. The van der Waals surface area contributed by atoms with Crippen LogP contribution in [0.15, 0.2) is 24.3 Å². The number of aryl methyl sites for hydroxylation is 1. The lowest BCUT2D eigenvalue weighted by molar-refractivity contribution is -0.122. The van der Waals surface area contributed by atoms with Gasteiger partial charge in [-0.1, -0.05) is 32.4 Å². The molecule has 1 aromatic rings. The molecule has 104 valence electrons. The van der Waals surface area contributed by atoms with Crippen molar-refractivity contribution in [1.82, 2.24) is 5.32 Å². The summed E-state index contributed by atoms with van der Waals surface area (Å²) in [6.07, 6.45) is 4.95. The van der Waals surface area contributed by atoms with Gasteiger partial charge in [0.1, 0.15) is 0 Å². The summed E-state index contributed by atoms with van der Waals surface area (Å²) >= 11 is 0. The molecule has 19 heavy (non-hydrogen) atoms. The van der Waals surface area contributed by atoms with Crippen molar-refractivity contribution >= 4 is 11.6 Å². The van der Waals surface area contributed by atoms with Gasteiger partial charge in [-0.25, -0.2) is 0 Å². The quantitative estimate of drug-likeness (QED) is 0.854. The van der Waals surface area contributed by atoms with Crippen LogP contribution in [0.4, 0.5) is 5.69 Å². The van der Waals surface area contributed by atoms with E-state index in [2.05, 4.69) is 36.6 Å². The Morgan fingerprint density at radius 2 is 2.26 bits per heavy atom. The summed E-state index contributed by atoms with van der Waals surface area (Å²) in [5, 5.41) is 6.49. The number of benzene rings is 1. The Balaban J connectivity index is 2.10. The third kappa shape index (κ3) is 3.16. The average molecular weight is 260 g/mol. The Kier molecular flexibility index (Phi) is 4.59.